The average molecular weight is 546 g/mol. The highest BCUT2D eigenvalue weighted by molar-refractivity contribution is 7.90. The van der Waals surface area contributed by atoms with E-state index in [1.807, 2.05) is 64.1 Å². The fourth-order valence-electron chi connectivity index (χ4n) is 6.32. The third-order valence-electron chi connectivity index (χ3n) is 7.53. The number of aryl methyl sites for hydroxylation is 4. The van der Waals surface area contributed by atoms with Gasteiger partial charge in [0.1, 0.15) is 5.54 Å². The van der Waals surface area contributed by atoms with Gasteiger partial charge in [0.05, 0.1) is 10.5 Å². The first-order valence-corrected chi connectivity index (χ1v) is 14.1. The number of hydrogen-bond donors (Lipinski definition) is 1. The molecule has 1 atom stereocenters. The lowest BCUT2D eigenvalue weighted by Crippen LogP contribution is -2.40. The van der Waals surface area contributed by atoms with Crippen LogP contribution in [0.25, 0.3) is 11.1 Å². The van der Waals surface area contributed by atoms with E-state index in [4.69, 9.17) is 0 Å². The molecule has 3 nitrogen and oxygen atoms in total. The Hall–Kier alpha value is -3.68. The molecule has 2 aliphatic rings. The number of halogens is 3. The van der Waals surface area contributed by atoms with Crippen LogP contribution in [0, 0.1) is 27.7 Å². The maximum absolute atomic E-state index is 14.0. The summed E-state index contributed by atoms with van der Waals surface area (Å²) in [6.45, 7) is 7.80. The summed E-state index contributed by atoms with van der Waals surface area (Å²) >= 11 is 0. The van der Waals surface area contributed by atoms with Crippen molar-refractivity contribution in [1.82, 2.24) is 4.72 Å². The van der Waals surface area contributed by atoms with E-state index >= 15 is 0 Å². The Morgan fingerprint density at radius 1 is 0.692 bits per heavy atom. The predicted octanol–water partition coefficient (Wildman–Crippen LogP) is 7.45. The first kappa shape index (κ1) is 25.6. The molecule has 0 radical (unpaired) electrons. The zero-order valence-electron chi connectivity index (χ0n) is 21.9. The molecular formula is C32H26F3NO2S. The summed E-state index contributed by atoms with van der Waals surface area (Å²) in [6, 6.07) is 22.2. The van der Waals surface area contributed by atoms with Gasteiger partial charge in [0, 0.05) is 5.56 Å². The predicted molar refractivity (Wildman–Crippen MR) is 147 cm³/mol. The van der Waals surface area contributed by atoms with Crippen molar-refractivity contribution in [3.63, 3.8) is 0 Å². The van der Waals surface area contributed by atoms with E-state index in [-0.39, 0.29) is 4.90 Å². The van der Waals surface area contributed by atoms with Gasteiger partial charge in [-0.25, -0.2) is 8.42 Å². The normalized spacial score (nSPS) is 19.5. The van der Waals surface area contributed by atoms with Gasteiger partial charge < -0.3 is 0 Å². The van der Waals surface area contributed by atoms with Crippen LogP contribution in [0.3, 0.4) is 0 Å². The van der Waals surface area contributed by atoms with Crippen molar-refractivity contribution in [2.75, 3.05) is 0 Å². The highest BCUT2D eigenvalue weighted by atomic mass is 32.2. The molecule has 0 fully saturated rings. The summed E-state index contributed by atoms with van der Waals surface area (Å²) in [5.74, 6) is 0. The summed E-state index contributed by atoms with van der Waals surface area (Å²) in [4.78, 5) is 0.124. The topological polar surface area (TPSA) is 46.2 Å². The van der Waals surface area contributed by atoms with Crippen molar-refractivity contribution >= 4 is 21.2 Å². The zero-order valence-corrected chi connectivity index (χ0v) is 22.7. The smallest absolute Gasteiger partial charge is 0.207 e. The Labute approximate surface area is 226 Å². The maximum atomic E-state index is 14.0. The number of hydrogen-bond acceptors (Lipinski definition) is 2. The van der Waals surface area contributed by atoms with Crippen molar-refractivity contribution < 1.29 is 21.6 Å². The molecule has 7 heteroatoms. The van der Waals surface area contributed by atoms with Crippen molar-refractivity contribution in [3.8, 4) is 0 Å². The number of alkyl halides is 3. The molecule has 1 N–H and O–H groups in total. The van der Waals surface area contributed by atoms with Gasteiger partial charge in [0.2, 0.25) is 10.0 Å². The first-order valence-electron chi connectivity index (χ1n) is 12.6. The molecule has 6 rings (SSSR count). The van der Waals surface area contributed by atoms with Gasteiger partial charge in [0.15, 0.2) is 0 Å². The Kier molecular flexibility index (Phi) is 5.52. The summed E-state index contributed by atoms with van der Waals surface area (Å²) in [5, 5.41) is 0. The fraction of sp³-hybridized carbons (Fsp3) is 0.188. The van der Waals surface area contributed by atoms with Gasteiger partial charge in [-0.3, -0.25) is 0 Å². The Bertz CT molecular complexity index is 1800. The van der Waals surface area contributed by atoms with Gasteiger partial charge >= 0.3 is 6.18 Å². The molecule has 1 aliphatic carbocycles. The third-order valence-corrected chi connectivity index (χ3v) is 9.04. The number of sulfonamides is 1. The molecule has 0 aromatic heterocycles. The second-order valence-corrected chi connectivity index (χ2v) is 12.3. The average Bonchev–Trinajstić information content (AvgIpc) is 3.25. The quantitative estimate of drug-likeness (QED) is 0.284. The van der Waals surface area contributed by atoms with E-state index in [1.54, 1.807) is 24.3 Å². The van der Waals surface area contributed by atoms with E-state index in [0.29, 0.717) is 27.8 Å². The maximum Gasteiger partial charge on any atom is 0.416 e. The molecule has 0 amide bonds. The minimum atomic E-state index is -4.56. The molecule has 0 saturated carbocycles. The van der Waals surface area contributed by atoms with Crippen LogP contribution in [0.15, 0.2) is 83.8 Å². The lowest BCUT2D eigenvalue weighted by Gasteiger charge is -2.31. The van der Waals surface area contributed by atoms with E-state index in [0.717, 1.165) is 45.5 Å². The second-order valence-electron chi connectivity index (χ2n) is 10.6. The number of benzene rings is 4. The Balaban J connectivity index is 1.85. The van der Waals surface area contributed by atoms with Gasteiger partial charge in [-0.1, -0.05) is 82.9 Å². The summed E-state index contributed by atoms with van der Waals surface area (Å²) in [5.41, 5.74) is 5.72. The summed E-state index contributed by atoms with van der Waals surface area (Å²) in [6.07, 6.45) is -4.56. The van der Waals surface area contributed by atoms with Gasteiger partial charge in [-0.2, -0.15) is 17.9 Å². The standard InChI is InChI=1S/C32H26F3NO2S/c1-18-11-19(2)14-22(13-18)29-25-17-24(32(33,34)35)9-10-26(25)31(30(29)23-15-20(3)12-21(4)16-23)27-7-5-6-8-28(27)39(37,38)36-31/h5-17,36H,1-4H3/t31-/m0/s1. The van der Waals surface area contributed by atoms with Crippen LogP contribution in [-0.4, -0.2) is 8.42 Å². The van der Waals surface area contributed by atoms with Crippen molar-refractivity contribution in [1.29, 1.82) is 0 Å². The van der Waals surface area contributed by atoms with Gasteiger partial charge in [-0.15, -0.1) is 0 Å². The van der Waals surface area contributed by atoms with Crippen molar-refractivity contribution in [2.45, 2.75) is 44.3 Å². The zero-order chi connectivity index (χ0) is 27.9. The van der Waals surface area contributed by atoms with E-state index in [2.05, 4.69) is 4.72 Å². The molecule has 1 heterocycles. The monoisotopic (exact) mass is 545 g/mol. The molecule has 1 spiro atoms. The second kappa shape index (κ2) is 8.41. The summed E-state index contributed by atoms with van der Waals surface area (Å²) in [7, 11) is -3.97. The molecule has 39 heavy (non-hydrogen) atoms. The van der Waals surface area contributed by atoms with Crippen LogP contribution in [0.1, 0.15) is 55.6 Å². The molecule has 4 aromatic carbocycles. The van der Waals surface area contributed by atoms with Crippen LogP contribution >= 0.6 is 0 Å². The SMILES string of the molecule is Cc1cc(C)cc(C2=C(c3cc(C)cc(C)c3)[C@]3(NS(=O)(=O)c4ccccc43)c3ccc(C(F)(F)F)cc32)c1. The van der Waals surface area contributed by atoms with Crippen LogP contribution in [0.4, 0.5) is 13.2 Å². The van der Waals surface area contributed by atoms with Crippen LogP contribution < -0.4 is 4.72 Å². The molecule has 0 saturated heterocycles. The fourth-order valence-corrected chi connectivity index (χ4v) is 7.92. The molecule has 198 valence electrons. The molecule has 0 bridgehead atoms. The molecule has 4 aromatic rings. The van der Waals surface area contributed by atoms with Crippen LogP contribution in [-0.2, 0) is 21.7 Å². The Morgan fingerprint density at radius 2 is 1.26 bits per heavy atom. The minimum Gasteiger partial charge on any atom is -0.207 e. The molecule has 0 unspecified atom stereocenters. The van der Waals surface area contributed by atoms with Crippen LogP contribution in [0.2, 0.25) is 0 Å². The molecule has 1 aliphatic heterocycles. The third kappa shape index (κ3) is 3.86. The lowest BCUT2D eigenvalue weighted by atomic mass is 9.77. The largest absolute Gasteiger partial charge is 0.416 e. The highest BCUT2D eigenvalue weighted by Crippen LogP contribution is 2.59. The van der Waals surface area contributed by atoms with Crippen molar-refractivity contribution in [2.24, 2.45) is 0 Å². The minimum absolute atomic E-state index is 0.124. The van der Waals surface area contributed by atoms with Crippen LogP contribution in [0.5, 0.6) is 0 Å². The number of rotatable bonds is 2. The van der Waals surface area contributed by atoms with E-state index in [9.17, 15) is 21.6 Å². The van der Waals surface area contributed by atoms with E-state index in [1.165, 1.54) is 6.07 Å². The number of fused-ring (bicyclic) bond motifs is 4. The molecular weight excluding hydrogens is 519 g/mol. The van der Waals surface area contributed by atoms with E-state index < -0.39 is 27.3 Å². The van der Waals surface area contributed by atoms with Gasteiger partial charge in [-0.05, 0) is 79.3 Å². The Morgan fingerprint density at radius 3 is 1.85 bits per heavy atom. The number of nitrogens with one attached hydrogen (secondary N) is 1. The first-order chi connectivity index (χ1) is 18.3. The summed E-state index contributed by atoms with van der Waals surface area (Å²) < 4.78 is 72.3. The van der Waals surface area contributed by atoms with Crippen molar-refractivity contribution in [3.05, 3.63) is 134 Å². The highest BCUT2D eigenvalue weighted by Gasteiger charge is 2.56. The van der Waals surface area contributed by atoms with Gasteiger partial charge in [0.25, 0.3) is 0 Å². The lowest BCUT2D eigenvalue weighted by molar-refractivity contribution is -0.137.